The Balaban J connectivity index is 2.65. The van der Waals surface area contributed by atoms with Crippen molar-refractivity contribution in [2.75, 3.05) is 5.33 Å². The Bertz CT molecular complexity index is 165. The Morgan fingerprint density at radius 1 is 1.89 bits per heavy atom. The molecule has 0 bridgehead atoms. The Labute approximate surface area is 65.7 Å². The van der Waals surface area contributed by atoms with Crippen molar-refractivity contribution in [2.45, 2.75) is 6.10 Å². The normalized spacial score (nSPS) is 13.6. The fourth-order valence-corrected chi connectivity index (χ4v) is 1.63. The Morgan fingerprint density at radius 2 is 2.67 bits per heavy atom. The number of aliphatic hydroxyl groups excluding tert-OH is 1. The second-order valence-electron chi connectivity index (χ2n) is 1.57. The van der Waals surface area contributed by atoms with Crippen molar-refractivity contribution in [3.8, 4) is 0 Å². The summed E-state index contributed by atoms with van der Waals surface area (Å²) in [5.41, 5.74) is 1.71. The average molecular weight is 208 g/mol. The molecule has 1 rings (SSSR count). The Kier molecular flexibility index (Phi) is 2.63. The van der Waals surface area contributed by atoms with Crippen molar-refractivity contribution in [3.63, 3.8) is 0 Å². The molecule has 1 heterocycles. The molecule has 0 aromatic carbocycles. The summed E-state index contributed by atoms with van der Waals surface area (Å²) in [6, 6.07) is 0. The molecule has 0 saturated heterocycles. The van der Waals surface area contributed by atoms with Crippen LogP contribution >= 0.6 is 27.3 Å². The molecule has 0 amide bonds. The highest BCUT2D eigenvalue weighted by molar-refractivity contribution is 9.09. The SMILES string of the molecule is OC(CBr)c1cncs1. The van der Waals surface area contributed by atoms with Crippen molar-refractivity contribution < 1.29 is 5.11 Å². The quantitative estimate of drug-likeness (QED) is 0.748. The maximum atomic E-state index is 9.14. The van der Waals surface area contributed by atoms with Crippen molar-refractivity contribution in [2.24, 2.45) is 0 Å². The van der Waals surface area contributed by atoms with Gasteiger partial charge in [0.2, 0.25) is 0 Å². The Morgan fingerprint density at radius 3 is 3.11 bits per heavy atom. The number of nitrogens with zero attached hydrogens (tertiary/aromatic N) is 1. The van der Waals surface area contributed by atoms with E-state index >= 15 is 0 Å². The number of aliphatic hydroxyl groups is 1. The molecule has 9 heavy (non-hydrogen) atoms. The molecule has 50 valence electrons. The summed E-state index contributed by atoms with van der Waals surface area (Å²) in [5.74, 6) is 0. The van der Waals surface area contributed by atoms with Crippen LogP contribution in [-0.4, -0.2) is 15.4 Å². The molecule has 0 aliphatic rings. The van der Waals surface area contributed by atoms with Crippen LogP contribution in [0.1, 0.15) is 11.0 Å². The largest absolute Gasteiger partial charge is 0.387 e. The highest BCUT2D eigenvalue weighted by Crippen LogP contribution is 2.17. The minimum absolute atomic E-state index is 0.391. The van der Waals surface area contributed by atoms with E-state index < -0.39 is 6.10 Å². The van der Waals surface area contributed by atoms with E-state index in [9.17, 15) is 0 Å². The van der Waals surface area contributed by atoms with Crippen LogP contribution in [0.4, 0.5) is 0 Å². The third-order valence-corrected chi connectivity index (χ3v) is 2.42. The van der Waals surface area contributed by atoms with Gasteiger partial charge in [-0.15, -0.1) is 11.3 Å². The number of hydrogen-bond donors (Lipinski definition) is 1. The highest BCUT2D eigenvalue weighted by atomic mass is 79.9. The molecule has 1 N–H and O–H groups in total. The van der Waals surface area contributed by atoms with Crippen LogP contribution in [0.25, 0.3) is 0 Å². The van der Waals surface area contributed by atoms with Crippen LogP contribution in [0, 0.1) is 0 Å². The maximum Gasteiger partial charge on any atom is 0.0994 e. The van der Waals surface area contributed by atoms with E-state index in [4.69, 9.17) is 5.11 Å². The topological polar surface area (TPSA) is 33.1 Å². The van der Waals surface area contributed by atoms with Gasteiger partial charge in [-0.1, -0.05) is 15.9 Å². The van der Waals surface area contributed by atoms with Gasteiger partial charge in [0.05, 0.1) is 16.5 Å². The van der Waals surface area contributed by atoms with E-state index in [1.165, 1.54) is 11.3 Å². The van der Waals surface area contributed by atoms with E-state index in [0.29, 0.717) is 5.33 Å². The number of aromatic nitrogens is 1. The molecular weight excluding hydrogens is 202 g/mol. The summed E-state index contributed by atoms with van der Waals surface area (Å²) in [4.78, 5) is 4.74. The number of alkyl halides is 1. The van der Waals surface area contributed by atoms with Gasteiger partial charge in [0.1, 0.15) is 0 Å². The molecule has 0 aliphatic heterocycles. The van der Waals surface area contributed by atoms with Gasteiger partial charge in [-0.3, -0.25) is 4.98 Å². The minimum atomic E-state index is -0.391. The lowest BCUT2D eigenvalue weighted by Gasteiger charge is -1.99. The first kappa shape index (κ1) is 7.18. The van der Waals surface area contributed by atoms with Crippen molar-refractivity contribution >= 4 is 27.3 Å². The van der Waals surface area contributed by atoms with E-state index in [1.54, 1.807) is 11.7 Å². The molecule has 0 fully saturated rings. The molecule has 4 heteroatoms. The zero-order valence-electron chi connectivity index (χ0n) is 4.62. The minimum Gasteiger partial charge on any atom is -0.387 e. The average Bonchev–Trinajstić information content (AvgIpc) is 2.37. The first-order chi connectivity index (χ1) is 4.34. The van der Waals surface area contributed by atoms with Gasteiger partial charge in [-0.05, 0) is 0 Å². The van der Waals surface area contributed by atoms with Crippen LogP contribution in [0.15, 0.2) is 11.7 Å². The highest BCUT2D eigenvalue weighted by Gasteiger charge is 2.05. The monoisotopic (exact) mass is 207 g/mol. The van der Waals surface area contributed by atoms with Crippen molar-refractivity contribution in [1.82, 2.24) is 4.98 Å². The van der Waals surface area contributed by atoms with Crippen LogP contribution in [-0.2, 0) is 0 Å². The zero-order valence-corrected chi connectivity index (χ0v) is 7.02. The fraction of sp³-hybridized carbons (Fsp3) is 0.400. The Hall–Kier alpha value is 0.0700. The summed E-state index contributed by atoms with van der Waals surface area (Å²) >= 11 is 4.63. The summed E-state index contributed by atoms with van der Waals surface area (Å²) < 4.78 is 0. The van der Waals surface area contributed by atoms with Crippen LogP contribution in [0.3, 0.4) is 0 Å². The second-order valence-corrected chi connectivity index (χ2v) is 3.14. The lowest BCUT2D eigenvalue weighted by Crippen LogP contribution is -1.93. The van der Waals surface area contributed by atoms with Crippen LogP contribution in [0.2, 0.25) is 0 Å². The molecule has 2 nitrogen and oxygen atoms in total. The summed E-state index contributed by atoms with van der Waals surface area (Å²) in [7, 11) is 0. The number of thiazole rings is 1. The third-order valence-electron chi connectivity index (χ3n) is 0.926. The molecule has 0 radical (unpaired) electrons. The second kappa shape index (κ2) is 3.29. The maximum absolute atomic E-state index is 9.14. The van der Waals surface area contributed by atoms with Crippen LogP contribution in [0.5, 0.6) is 0 Å². The predicted octanol–water partition coefficient (Wildman–Crippen LogP) is 1.57. The lowest BCUT2D eigenvalue weighted by atomic mass is 10.4. The summed E-state index contributed by atoms with van der Waals surface area (Å²) in [5, 5.41) is 9.72. The summed E-state index contributed by atoms with van der Waals surface area (Å²) in [6.07, 6.45) is 1.29. The van der Waals surface area contributed by atoms with Gasteiger partial charge in [0, 0.05) is 11.5 Å². The van der Waals surface area contributed by atoms with Gasteiger partial charge in [0.25, 0.3) is 0 Å². The van der Waals surface area contributed by atoms with Gasteiger partial charge < -0.3 is 5.11 Å². The first-order valence-electron chi connectivity index (χ1n) is 2.47. The molecular formula is C5H6BrNOS. The van der Waals surface area contributed by atoms with Gasteiger partial charge in [0.15, 0.2) is 0 Å². The van der Waals surface area contributed by atoms with Crippen molar-refractivity contribution in [3.05, 3.63) is 16.6 Å². The third kappa shape index (κ3) is 1.74. The first-order valence-corrected chi connectivity index (χ1v) is 4.47. The fourth-order valence-electron chi connectivity index (χ4n) is 0.466. The number of halogens is 1. The molecule has 0 aliphatic carbocycles. The molecule has 1 aromatic rings. The van der Waals surface area contributed by atoms with E-state index in [0.717, 1.165) is 4.88 Å². The van der Waals surface area contributed by atoms with Gasteiger partial charge >= 0.3 is 0 Å². The van der Waals surface area contributed by atoms with E-state index in [1.807, 2.05) is 0 Å². The van der Waals surface area contributed by atoms with Gasteiger partial charge in [-0.2, -0.15) is 0 Å². The van der Waals surface area contributed by atoms with E-state index in [2.05, 4.69) is 20.9 Å². The number of rotatable bonds is 2. The number of hydrogen-bond acceptors (Lipinski definition) is 3. The van der Waals surface area contributed by atoms with Gasteiger partial charge in [-0.25, -0.2) is 0 Å². The smallest absolute Gasteiger partial charge is 0.0994 e. The molecule has 1 unspecified atom stereocenters. The summed E-state index contributed by atoms with van der Waals surface area (Å²) in [6.45, 7) is 0. The van der Waals surface area contributed by atoms with Crippen molar-refractivity contribution in [1.29, 1.82) is 0 Å². The standard InChI is InChI=1S/C5H6BrNOS/c6-1-4(8)5-2-7-3-9-5/h2-4,8H,1H2. The molecule has 1 aromatic heterocycles. The molecule has 0 saturated carbocycles. The zero-order chi connectivity index (χ0) is 6.69. The lowest BCUT2D eigenvalue weighted by molar-refractivity contribution is 0.209. The molecule has 0 spiro atoms. The predicted molar refractivity (Wildman–Crippen MR) is 40.9 cm³/mol. The molecule has 1 atom stereocenters. The van der Waals surface area contributed by atoms with Crippen LogP contribution < -0.4 is 0 Å². The van der Waals surface area contributed by atoms with E-state index in [-0.39, 0.29) is 0 Å².